The van der Waals surface area contributed by atoms with Crippen molar-refractivity contribution < 1.29 is 38.2 Å². The van der Waals surface area contributed by atoms with E-state index in [2.05, 4.69) is 39.7 Å². The molecule has 0 saturated heterocycles. The van der Waals surface area contributed by atoms with E-state index in [1.54, 1.807) is 12.1 Å². The van der Waals surface area contributed by atoms with Gasteiger partial charge in [0.15, 0.2) is 5.82 Å². The van der Waals surface area contributed by atoms with Crippen LogP contribution in [0.15, 0.2) is 48.6 Å². The van der Waals surface area contributed by atoms with Crippen molar-refractivity contribution in [2.24, 2.45) is 0 Å². The molecule has 15 heteroatoms. The molecule has 4 rings (SSSR count). The van der Waals surface area contributed by atoms with Crippen LogP contribution in [0.2, 0.25) is 0 Å². The number of fused-ring (bicyclic) bond motifs is 1. The minimum atomic E-state index is -1.26. The average Bonchev–Trinajstić information content (AvgIpc) is 3.07. The van der Waals surface area contributed by atoms with Gasteiger partial charge in [-0.15, -0.1) is 0 Å². The summed E-state index contributed by atoms with van der Waals surface area (Å²) in [7, 11) is 0. The van der Waals surface area contributed by atoms with Gasteiger partial charge in [-0.3, -0.25) is 4.79 Å². The first-order valence-electron chi connectivity index (χ1n) is 15.8. The fourth-order valence-electron chi connectivity index (χ4n) is 4.92. The normalized spacial score (nSPS) is 12.2. The summed E-state index contributed by atoms with van der Waals surface area (Å²) in [6.07, 6.45) is 2.73. The van der Waals surface area contributed by atoms with E-state index in [-0.39, 0.29) is 24.2 Å². The van der Waals surface area contributed by atoms with Crippen LogP contribution in [0, 0.1) is 18.6 Å². The molecular weight excluding hydrogens is 640 g/mol. The van der Waals surface area contributed by atoms with Crippen molar-refractivity contribution in [3.8, 4) is 11.3 Å². The van der Waals surface area contributed by atoms with Crippen molar-refractivity contribution in [3.05, 3.63) is 76.9 Å². The summed E-state index contributed by atoms with van der Waals surface area (Å²) in [4.78, 5) is 57.6. The van der Waals surface area contributed by atoms with Gasteiger partial charge in [-0.2, -0.15) is 4.98 Å². The minimum Gasteiger partial charge on any atom is -0.478 e. The summed E-state index contributed by atoms with van der Waals surface area (Å²) in [6.45, 7) is 12.0. The van der Waals surface area contributed by atoms with Gasteiger partial charge in [-0.25, -0.2) is 33.0 Å². The van der Waals surface area contributed by atoms with Crippen LogP contribution in [0.3, 0.4) is 0 Å². The molecule has 0 saturated carbocycles. The number of amides is 3. The fraction of sp³-hybridized carbons (Fsp3) is 0.353. The number of carboxylic acid groups (broad SMARTS) is 2. The van der Waals surface area contributed by atoms with Crippen LogP contribution in [-0.2, 0) is 16.1 Å². The predicted octanol–water partition coefficient (Wildman–Crippen LogP) is 5.09. The smallest absolute Gasteiger partial charge is 0.328 e. The largest absolute Gasteiger partial charge is 0.478 e. The van der Waals surface area contributed by atoms with Crippen molar-refractivity contribution in [3.63, 3.8) is 0 Å². The maximum absolute atomic E-state index is 15.0. The third kappa shape index (κ3) is 10.3. The molecule has 0 unspecified atom stereocenters. The van der Waals surface area contributed by atoms with Crippen molar-refractivity contribution >= 4 is 41.3 Å². The molecular formula is C34H41F2N7O6. The van der Waals surface area contributed by atoms with Gasteiger partial charge in [0.1, 0.15) is 17.3 Å². The van der Waals surface area contributed by atoms with E-state index in [0.29, 0.717) is 47.6 Å². The van der Waals surface area contributed by atoms with Gasteiger partial charge >= 0.3 is 18.0 Å². The Hall–Kier alpha value is -5.44. The zero-order valence-electron chi connectivity index (χ0n) is 27.8. The topological polar surface area (TPSA) is 177 Å². The zero-order chi connectivity index (χ0) is 36.1. The molecule has 0 fully saturated rings. The Morgan fingerprint density at radius 3 is 2.24 bits per heavy atom. The lowest BCUT2D eigenvalue weighted by atomic mass is 9.97. The Kier molecular flexibility index (Phi) is 14.1. The van der Waals surface area contributed by atoms with Crippen LogP contribution in [0.25, 0.3) is 11.3 Å². The third-order valence-electron chi connectivity index (χ3n) is 7.47. The SMILES string of the molecule is CCCNC(=O)c1ccc(C)c(-c2nc(NCCCN(CC)CC)nc3c2CNC(=O)N3c2c(F)cccc2F)c1.O=C(O)C=CC(=O)O. The highest BCUT2D eigenvalue weighted by Gasteiger charge is 2.34. The van der Waals surface area contributed by atoms with E-state index in [4.69, 9.17) is 15.2 Å². The van der Waals surface area contributed by atoms with Gasteiger partial charge in [0.25, 0.3) is 5.91 Å². The molecule has 1 aliphatic rings. The number of nitrogens with one attached hydrogen (secondary N) is 3. The number of carbonyl (C=O) groups excluding carboxylic acids is 2. The standard InChI is InChI=1S/C30H37F2N7O2.C4H4O4/c1-5-14-33-28(40)20-13-12-19(4)21(17-20)25-22-18-35-30(41)39(26-23(31)10-8-11-24(26)32)27(22)37-29(36-25)34-15-9-16-38(6-2)7-3;5-3(6)1-2-4(7)8/h8,10-13,17H,5-7,9,14-16,18H2,1-4H3,(H,33,40)(H,35,41)(H,34,36,37);1-2H,(H,5,6)(H,7,8). The molecule has 0 radical (unpaired) electrons. The first kappa shape index (κ1) is 38.0. The van der Waals surface area contributed by atoms with Gasteiger partial charge in [-0.05, 0) is 69.2 Å². The molecule has 2 heterocycles. The molecule has 0 bridgehead atoms. The van der Waals surface area contributed by atoms with Crippen molar-refractivity contribution in [2.45, 2.75) is 47.1 Å². The van der Waals surface area contributed by atoms with E-state index in [0.717, 1.165) is 55.1 Å². The number of carbonyl (C=O) groups is 4. The van der Waals surface area contributed by atoms with Crippen LogP contribution in [0.1, 0.15) is 55.1 Å². The average molecular weight is 682 g/mol. The Labute approximate surface area is 283 Å². The van der Waals surface area contributed by atoms with Gasteiger partial charge in [-0.1, -0.05) is 32.9 Å². The lowest BCUT2D eigenvalue weighted by Crippen LogP contribution is -2.43. The lowest BCUT2D eigenvalue weighted by Gasteiger charge is -2.31. The zero-order valence-corrected chi connectivity index (χ0v) is 27.8. The second-order valence-electron chi connectivity index (χ2n) is 10.9. The summed E-state index contributed by atoms with van der Waals surface area (Å²) < 4.78 is 29.9. The molecule has 5 N–H and O–H groups in total. The summed E-state index contributed by atoms with van der Waals surface area (Å²) in [5.74, 6) is -4.22. The van der Waals surface area contributed by atoms with Gasteiger partial charge in [0.2, 0.25) is 5.95 Å². The van der Waals surface area contributed by atoms with Crippen LogP contribution in [0.5, 0.6) is 0 Å². The minimum absolute atomic E-state index is 0.0456. The Bertz CT molecular complexity index is 1660. The first-order chi connectivity index (χ1) is 23.4. The number of rotatable bonds is 14. The third-order valence-corrected chi connectivity index (χ3v) is 7.47. The van der Waals surface area contributed by atoms with Crippen molar-refractivity contribution in [1.82, 2.24) is 25.5 Å². The maximum Gasteiger partial charge on any atom is 0.328 e. The Morgan fingerprint density at radius 1 is 1.00 bits per heavy atom. The van der Waals surface area contributed by atoms with Crippen LogP contribution in [-0.4, -0.2) is 81.7 Å². The van der Waals surface area contributed by atoms with E-state index >= 15 is 0 Å². The number of hydrogen-bond donors (Lipinski definition) is 5. The highest BCUT2D eigenvalue weighted by atomic mass is 19.1. The number of aromatic nitrogens is 2. The molecule has 13 nitrogen and oxygen atoms in total. The summed E-state index contributed by atoms with van der Waals surface area (Å²) in [5.41, 5.74) is 2.38. The summed E-state index contributed by atoms with van der Waals surface area (Å²) in [5, 5.41) is 24.4. The monoisotopic (exact) mass is 681 g/mol. The molecule has 3 amide bonds. The number of nitrogens with zero attached hydrogens (tertiary/aromatic N) is 4. The van der Waals surface area contributed by atoms with E-state index < -0.39 is 35.3 Å². The van der Waals surface area contributed by atoms with Gasteiger partial charge < -0.3 is 31.1 Å². The lowest BCUT2D eigenvalue weighted by molar-refractivity contribution is -0.134. The molecule has 262 valence electrons. The molecule has 3 aromatic rings. The predicted molar refractivity (Wildman–Crippen MR) is 181 cm³/mol. The number of hydrogen-bond acceptors (Lipinski definition) is 8. The van der Waals surface area contributed by atoms with E-state index in [9.17, 15) is 28.0 Å². The molecule has 2 aromatic carbocycles. The number of urea groups is 1. The summed E-state index contributed by atoms with van der Waals surface area (Å²) >= 11 is 0. The van der Waals surface area contributed by atoms with Gasteiger partial charge in [0.05, 0.1) is 12.2 Å². The number of aryl methyl sites for hydroxylation is 1. The second-order valence-corrected chi connectivity index (χ2v) is 10.9. The molecule has 0 aliphatic carbocycles. The van der Waals surface area contributed by atoms with Gasteiger partial charge in [0, 0.05) is 41.9 Å². The van der Waals surface area contributed by atoms with E-state index in [1.807, 2.05) is 19.9 Å². The van der Waals surface area contributed by atoms with Crippen LogP contribution < -0.4 is 20.9 Å². The molecule has 1 aromatic heterocycles. The highest BCUT2D eigenvalue weighted by Crippen LogP contribution is 2.39. The molecule has 49 heavy (non-hydrogen) atoms. The van der Waals surface area contributed by atoms with Crippen molar-refractivity contribution in [2.75, 3.05) is 42.9 Å². The highest BCUT2D eigenvalue weighted by molar-refractivity contribution is 6.02. The molecule has 1 aliphatic heterocycles. The number of para-hydroxylation sites is 1. The number of aliphatic carboxylic acids is 2. The van der Waals surface area contributed by atoms with Crippen molar-refractivity contribution in [1.29, 1.82) is 0 Å². The second kappa shape index (κ2) is 18.2. The number of benzene rings is 2. The fourth-order valence-corrected chi connectivity index (χ4v) is 4.92. The Morgan fingerprint density at radius 2 is 1.65 bits per heavy atom. The molecule has 0 atom stereocenters. The summed E-state index contributed by atoms with van der Waals surface area (Å²) in [6, 6.07) is 8.04. The number of anilines is 3. The van der Waals surface area contributed by atoms with Crippen LogP contribution in [0.4, 0.5) is 31.0 Å². The van der Waals surface area contributed by atoms with E-state index in [1.165, 1.54) is 6.07 Å². The maximum atomic E-state index is 15.0. The Balaban J connectivity index is 0.000000723. The number of halogens is 2. The number of carboxylic acids is 2. The first-order valence-corrected chi connectivity index (χ1v) is 15.8. The van der Waals surface area contributed by atoms with Crippen LogP contribution >= 0.6 is 0 Å². The molecule has 0 spiro atoms. The quantitative estimate of drug-likeness (QED) is 0.114.